The summed E-state index contributed by atoms with van der Waals surface area (Å²) in [6, 6.07) is 16.5. The van der Waals surface area contributed by atoms with Gasteiger partial charge in [0.15, 0.2) is 22.5 Å². The van der Waals surface area contributed by atoms with E-state index in [9.17, 15) is 15.0 Å². The highest BCUT2D eigenvalue weighted by molar-refractivity contribution is 7.22. The molecule has 0 spiro atoms. The molecule has 11 rings (SSSR count). The SMILES string of the molecule is Cc1ccc(-c2c(N3CCCc4c3nnc(Nc3nc5ccccc5s3)c4C)nc(C(=O)O)c(-c3cnn(CC45CC6(C)CC(C)(CC(CCCO)(C6)C4)C5)c3C)c2C)cc1. The number of hydrogen-bond donors (Lipinski definition) is 3. The Morgan fingerprint density at radius 1 is 0.852 bits per heavy atom. The summed E-state index contributed by atoms with van der Waals surface area (Å²) >= 11 is 1.58. The molecule has 2 atom stereocenters. The summed E-state index contributed by atoms with van der Waals surface area (Å²) in [4.78, 5) is 25.5. The number of pyridine rings is 1. The molecule has 4 bridgehead atoms. The van der Waals surface area contributed by atoms with E-state index < -0.39 is 5.97 Å². The maximum Gasteiger partial charge on any atom is 0.355 e. The van der Waals surface area contributed by atoms with Gasteiger partial charge in [0.2, 0.25) is 0 Å². The first-order valence-corrected chi connectivity index (χ1v) is 22.8. The highest BCUT2D eigenvalue weighted by Gasteiger charge is 2.65. The van der Waals surface area contributed by atoms with Crippen molar-refractivity contribution in [3.05, 3.63) is 88.4 Å². The van der Waals surface area contributed by atoms with Crippen molar-refractivity contribution in [2.45, 2.75) is 112 Å². The Kier molecular flexibility index (Phi) is 9.45. The van der Waals surface area contributed by atoms with Gasteiger partial charge in [0.25, 0.3) is 0 Å². The first-order valence-electron chi connectivity index (χ1n) is 21.9. The number of benzene rings is 2. The van der Waals surface area contributed by atoms with E-state index in [0.29, 0.717) is 29.6 Å². The number of aromatic carboxylic acids is 1. The van der Waals surface area contributed by atoms with Gasteiger partial charge in [-0.25, -0.2) is 14.8 Å². The third-order valence-electron chi connectivity index (χ3n) is 14.7. The maximum absolute atomic E-state index is 13.5. The average Bonchev–Trinajstić information content (AvgIpc) is 3.78. The van der Waals surface area contributed by atoms with Crippen LogP contribution in [-0.4, -0.2) is 59.3 Å². The van der Waals surface area contributed by atoms with E-state index in [1.165, 1.54) is 32.1 Å². The summed E-state index contributed by atoms with van der Waals surface area (Å²) < 4.78 is 3.26. The van der Waals surface area contributed by atoms with E-state index in [4.69, 9.17) is 25.3 Å². The highest BCUT2D eigenvalue weighted by atomic mass is 32.1. The van der Waals surface area contributed by atoms with Gasteiger partial charge in [0, 0.05) is 53.2 Å². The molecule has 5 heterocycles. The number of para-hydroxylation sites is 1. The minimum absolute atomic E-state index is 0.00900. The number of carboxylic acid groups (broad SMARTS) is 1. The molecule has 0 amide bonds. The lowest BCUT2D eigenvalue weighted by Crippen LogP contribution is -2.60. The fourth-order valence-corrected chi connectivity index (χ4v) is 14.5. The van der Waals surface area contributed by atoms with Gasteiger partial charge in [-0.05, 0) is 137 Å². The zero-order chi connectivity index (χ0) is 42.5. The van der Waals surface area contributed by atoms with E-state index >= 15 is 0 Å². The number of carbonyl (C=O) groups is 1. The normalized spacial score (nSPS) is 25.3. The molecule has 4 saturated carbocycles. The largest absolute Gasteiger partial charge is 0.476 e. The zero-order valence-electron chi connectivity index (χ0n) is 36.2. The van der Waals surface area contributed by atoms with Crippen LogP contribution in [-0.2, 0) is 13.0 Å². The van der Waals surface area contributed by atoms with Gasteiger partial charge in [-0.2, -0.15) is 5.10 Å². The van der Waals surface area contributed by atoms with Crippen molar-refractivity contribution in [2.24, 2.45) is 21.7 Å². The van der Waals surface area contributed by atoms with Crippen LogP contribution < -0.4 is 10.2 Å². The standard InChI is InChI=1S/C49H56N8O3S/c1-29-14-16-33(17-15-29)38-31(3)39(35-21-50-57(32(35)4)28-49-25-46(5)22-47(6,26-49)24-48(23-46,27-49)18-10-20-58)40(44(59)60)52-43(38)56-19-9-11-34-30(2)41(54-55-42(34)56)53-45-51-36-12-7-8-13-37(36)61-45/h7-8,12-17,21,58H,9-11,18-20,22-28H2,1-6H3,(H,59,60)(H,51,53,54). The van der Waals surface area contributed by atoms with Crippen molar-refractivity contribution < 1.29 is 15.0 Å². The second kappa shape index (κ2) is 14.4. The Labute approximate surface area is 361 Å². The van der Waals surface area contributed by atoms with Crippen LogP contribution in [0.4, 0.5) is 22.6 Å². The lowest BCUT2D eigenvalue weighted by molar-refractivity contribution is -0.198. The van der Waals surface area contributed by atoms with E-state index in [2.05, 4.69) is 79.8 Å². The molecule has 11 nitrogen and oxygen atoms in total. The average molecular weight is 837 g/mol. The summed E-state index contributed by atoms with van der Waals surface area (Å²) in [5, 5.41) is 39.7. The first kappa shape index (κ1) is 39.9. The monoisotopic (exact) mass is 836 g/mol. The van der Waals surface area contributed by atoms with Crippen LogP contribution >= 0.6 is 11.3 Å². The quantitative estimate of drug-likeness (QED) is 0.115. The molecule has 12 heteroatoms. The van der Waals surface area contributed by atoms with Gasteiger partial charge in [-0.3, -0.25) is 4.68 Å². The fourth-order valence-electron chi connectivity index (χ4n) is 13.6. The number of aliphatic hydroxyl groups is 1. The molecule has 5 aliphatic rings. The van der Waals surface area contributed by atoms with Crippen molar-refractivity contribution in [1.82, 2.24) is 29.9 Å². The van der Waals surface area contributed by atoms with Crippen LogP contribution in [0.15, 0.2) is 54.7 Å². The number of aryl methyl sites for hydroxylation is 1. The van der Waals surface area contributed by atoms with Gasteiger partial charge < -0.3 is 20.4 Å². The Bertz CT molecular complexity index is 2670. The van der Waals surface area contributed by atoms with Gasteiger partial charge in [0.1, 0.15) is 5.82 Å². The third-order valence-corrected chi connectivity index (χ3v) is 15.6. The van der Waals surface area contributed by atoms with E-state index in [-0.39, 0.29) is 34.0 Å². The lowest BCUT2D eigenvalue weighted by Gasteiger charge is -2.70. The van der Waals surface area contributed by atoms with Gasteiger partial charge >= 0.3 is 5.97 Å². The van der Waals surface area contributed by atoms with Crippen molar-refractivity contribution >= 4 is 50.1 Å². The predicted octanol–water partition coefficient (Wildman–Crippen LogP) is 10.9. The smallest absolute Gasteiger partial charge is 0.355 e. The van der Waals surface area contributed by atoms with Crippen LogP contribution in [0.25, 0.3) is 32.5 Å². The minimum Gasteiger partial charge on any atom is -0.476 e. The number of nitrogens with zero attached hydrogens (tertiary/aromatic N) is 7. The fraction of sp³-hybridized carbons (Fsp3) is 0.469. The topological polar surface area (TPSA) is 142 Å². The minimum atomic E-state index is -1.08. The summed E-state index contributed by atoms with van der Waals surface area (Å²) in [7, 11) is 0. The van der Waals surface area contributed by atoms with Crippen LogP contribution in [0.1, 0.15) is 110 Å². The molecular formula is C49H56N8O3S. The van der Waals surface area contributed by atoms with Gasteiger partial charge in [0.05, 0.1) is 16.4 Å². The first-order chi connectivity index (χ1) is 29.2. The van der Waals surface area contributed by atoms with Crippen molar-refractivity contribution in [1.29, 1.82) is 0 Å². The van der Waals surface area contributed by atoms with Crippen LogP contribution in [0, 0.1) is 49.4 Å². The van der Waals surface area contributed by atoms with Crippen LogP contribution in [0.3, 0.4) is 0 Å². The number of thiazole rings is 1. The molecule has 4 aliphatic carbocycles. The molecule has 0 saturated heterocycles. The van der Waals surface area contributed by atoms with Crippen molar-refractivity contribution in [3.63, 3.8) is 0 Å². The molecule has 6 aromatic rings. The second-order valence-corrected chi connectivity index (χ2v) is 21.0. The Morgan fingerprint density at radius 3 is 2.31 bits per heavy atom. The Morgan fingerprint density at radius 2 is 1.59 bits per heavy atom. The number of anilines is 4. The maximum atomic E-state index is 13.5. The molecule has 316 valence electrons. The van der Waals surface area contributed by atoms with Gasteiger partial charge in [-0.15, -0.1) is 10.2 Å². The molecular weight excluding hydrogens is 781 g/mol. The summed E-state index contributed by atoms with van der Waals surface area (Å²) in [5.74, 6) is 0.845. The summed E-state index contributed by atoms with van der Waals surface area (Å²) in [6.45, 7) is 14.9. The molecule has 4 fully saturated rings. The van der Waals surface area contributed by atoms with Crippen molar-refractivity contribution in [2.75, 3.05) is 23.4 Å². The van der Waals surface area contributed by atoms with Crippen LogP contribution in [0.5, 0.6) is 0 Å². The van der Waals surface area contributed by atoms with E-state index in [0.717, 1.165) is 98.6 Å². The number of hydrogen-bond acceptors (Lipinski definition) is 10. The van der Waals surface area contributed by atoms with Crippen LogP contribution in [0.2, 0.25) is 0 Å². The second-order valence-electron chi connectivity index (χ2n) is 20.0. The zero-order valence-corrected chi connectivity index (χ0v) is 37.0. The number of carboxylic acids is 1. The molecule has 4 aromatic heterocycles. The molecule has 1 aliphatic heterocycles. The molecule has 2 aromatic carbocycles. The lowest BCUT2D eigenvalue weighted by atomic mass is 9.35. The molecule has 61 heavy (non-hydrogen) atoms. The van der Waals surface area contributed by atoms with Crippen molar-refractivity contribution in [3.8, 4) is 22.3 Å². The highest BCUT2D eigenvalue weighted by Crippen LogP contribution is 2.75. The number of aromatic nitrogens is 6. The molecule has 2 unspecified atom stereocenters. The van der Waals surface area contributed by atoms with E-state index in [1.54, 1.807) is 11.3 Å². The number of aliphatic hydroxyl groups excluding tert-OH is 1. The summed E-state index contributed by atoms with van der Waals surface area (Å²) in [5.41, 5.74) is 10.1. The summed E-state index contributed by atoms with van der Waals surface area (Å²) in [6.07, 6.45) is 12.7. The molecule has 3 N–H and O–H groups in total. The third kappa shape index (κ3) is 6.81. The number of fused-ring (bicyclic) bond motifs is 2. The Hall–Kier alpha value is -5.20. The van der Waals surface area contributed by atoms with Gasteiger partial charge in [-0.1, -0.05) is 67.1 Å². The number of rotatable bonds is 11. The predicted molar refractivity (Wildman–Crippen MR) is 242 cm³/mol. The number of nitrogens with one attached hydrogen (secondary N) is 1. The molecule has 0 radical (unpaired) electrons. The van der Waals surface area contributed by atoms with E-state index in [1.807, 2.05) is 31.3 Å². The Balaban J connectivity index is 1.06.